The second kappa shape index (κ2) is 6.59. The summed E-state index contributed by atoms with van der Waals surface area (Å²) in [5.74, 6) is 0.618. The van der Waals surface area contributed by atoms with Crippen LogP contribution in [0.3, 0.4) is 0 Å². The highest BCUT2D eigenvalue weighted by Crippen LogP contribution is 2.49. The first-order valence-electron chi connectivity index (χ1n) is 8.93. The van der Waals surface area contributed by atoms with E-state index in [4.69, 9.17) is 4.74 Å². The standard InChI is InChI=1S/C19H24N4O2/c1-22-17(7-10-21-22)18(24)23-11-15-5-4-8-19(15,13-23)14-25-12-16-6-2-3-9-20-16/h2-3,6-7,9-10,15H,4-5,8,11-14H2,1H3/t15-,19+/m1/s1. The maximum atomic E-state index is 12.8. The van der Waals surface area contributed by atoms with Gasteiger partial charge in [0.15, 0.2) is 0 Å². The molecule has 4 rings (SSSR count). The molecular formula is C19H24N4O2. The van der Waals surface area contributed by atoms with E-state index in [1.807, 2.05) is 30.1 Å². The zero-order valence-electron chi connectivity index (χ0n) is 14.6. The van der Waals surface area contributed by atoms with Crippen molar-refractivity contribution in [2.75, 3.05) is 19.7 Å². The number of pyridine rings is 1. The van der Waals surface area contributed by atoms with Crippen LogP contribution in [0, 0.1) is 11.3 Å². The smallest absolute Gasteiger partial charge is 0.272 e. The predicted molar refractivity (Wildman–Crippen MR) is 92.8 cm³/mol. The van der Waals surface area contributed by atoms with Crippen molar-refractivity contribution < 1.29 is 9.53 Å². The Morgan fingerprint density at radius 1 is 1.36 bits per heavy atom. The van der Waals surface area contributed by atoms with Crippen molar-refractivity contribution >= 4 is 5.91 Å². The van der Waals surface area contributed by atoms with Gasteiger partial charge in [-0.15, -0.1) is 0 Å². The number of hydrogen-bond donors (Lipinski definition) is 0. The van der Waals surface area contributed by atoms with Gasteiger partial charge in [0, 0.05) is 37.9 Å². The Bertz CT molecular complexity index is 745. The van der Waals surface area contributed by atoms with Crippen LogP contribution in [0.25, 0.3) is 0 Å². The third-order valence-corrected chi connectivity index (χ3v) is 5.73. The maximum Gasteiger partial charge on any atom is 0.272 e. The van der Waals surface area contributed by atoms with Gasteiger partial charge in [0.1, 0.15) is 5.69 Å². The van der Waals surface area contributed by atoms with Crippen molar-refractivity contribution in [3.63, 3.8) is 0 Å². The Morgan fingerprint density at radius 2 is 2.28 bits per heavy atom. The molecule has 132 valence electrons. The lowest BCUT2D eigenvalue weighted by molar-refractivity contribution is 0.0251. The molecule has 0 unspecified atom stereocenters. The Kier molecular flexibility index (Phi) is 4.29. The number of aromatic nitrogens is 3. The summed E-state index contributed by atoms with van der Waals surface area (Å²) in [7, 11) is 1.82. The predicted octanol–water partition coefficient (Wildman–Crippen LogP) is 2.27. The summed E-state index contributed by atoms with van der Waals surface area (Å²) in [5.41, 5.74) is 1.71. The number of ether oxygens (including phenoxy) is 1. The quantitative estimate of drug-likeness (QED) is 0.838. The number of carbonyl (C=O) groups excluding carboxylic acids is 1. The van der Waals surface area contributed by atoms with Gasteiger partial charge in [0.05, 0.1) is 18.9 Å². The van der Waals surface area contributed by atoms with Crippen molar-refractivity contribution in [1.29, 1.82) is 0 Å². The van der Waals surface area contributed by atoms with Crippen LogP contribution in [0.4, 0.5) is 0 Å². The van der Waals surface area contributed by atoms with Gasteiger partial charge in [-0.25, -0.2) is 0 Å². The molecule has 1 aliphatic carbocycles. The van der Waals surface area contributed by atoms with Crippen LogP contribution in [0.15, 0.2) is 36.7 Å². The third-order valence-electron chi connectivity index (χ3n) is 5.73. The number of fused-ring (bicyclic) bond motifs is 1. The van der Waals surface area contributed by atoms with E-state index in [1.54, 1.807) is 23.1 Å². The Balaban J connectivity index is 1.42. The number of carbonyl (C=O) groups is 1. The molecule has 6 nitrogen and oxygen atoms in total. The van der Waals surface area contributed by atoms with Gasteiger partial charge in [0.25, 0.3) is 5.91 Å². The molecule has 1 saturated carbocycles. The van der Waals surface area contributed by atoms with Crippen LogP contribution in [0.1, 0.15) is 35.4 Å². The highest BCUT2D eigenvalue weighted by molar-refractivity contribution is 5.92. The van der Waals surface area contributed by atoms with E-state index in [0.717, 1.165) is 25.2 Å². The van der Waals surface area contributed by atoms with Crippen molar-refractivity contribution in [3.8, 4) is 0 Å². The molecule has 2 aliphatic rings. The molecule has 2 aromatic heterocycles. The largest absolute Gasteiger partial charge is 0.375 e. The summed E-state index contributed by atoms with van der Waals surface area (Å²) >= 11 is 0. The van der Waals surface area contributed by atoms with E-state index in [9.17, 15) is 4.79 Å². The van der Waals surface area contributed by atoms with Gasteiger partial charge >= 0.3 is 0 Å². The fraction of sp³-hybridized carbons (Fsp3) is 0.526. The highest BCUT2D eigenvalue weighted by Gasteiger charge is 2.51. The molecule has 0 bridgehead atoms. The van der Waals surface area contributed by atoms with Gasteiger partial charge in [-0.1, -0.05) is 12.5 Å². The first kappa shape index (κ1) is 16.3. The molecule has 2 atom stereocenters. The third kappa shape index (κ3) is 3.06. The number of likely N-dealkylation sites (tertiary alicyclic amines) is 1. The van der Waals surface area contributed by atoms with Crippen LogP contribution in [0.5, 0.6) is 0 Å². The van der Waals surface area contributed by atoms with Crippen molar-refractivity contribution in [2.45, 2.75) is 25.9 Å². The fourth-order valence-electron chi connectivity index (χ4n) is 4.39. The Hall–Kier alpha value is -2.21. The van der Waals surface area contributed by atoms with E-state index in [2.05, 4.69) is 10.1 Å². The van der Waals surface area contributed by atoms with Gasteiger partial charge in [0.2, 0.25) is 0 Å². The van der Waals surface area contributed by atoms with Gasteiger partial charge in [-0.2, -0.15) is 5.10 Å². The van der Waals surface area contributed by atoms with E-state index < -0.39 is 0 Å². The second-order valence-corrected chi connectivity index (χ2v) is 7.29. The lowest BCUT2D eigenvalue weighted by Crippen LogP contribution is -2.35. The molecule has 1 aliphatic heterocycles. The van der Waals surface area contributed by atoms with Crippen LogP contribution in [-0.2, 0) is 18.4 Å². The molecule has 0 spiro atoms. The Morgan fingerprint density at radius 3 is 3.04 bits per heavy atom. The van der Waals surface area contributed by atoms with Crippen LogP contribution >= 0.6 is 0 Å². The van der Waals surface area contributed by atoms with E-state index in [0.29, 0.717) is 24.8 Å². The molecule has 25 heavy (non-hydrogen) atoms. The lowest BCUT2D eigenvalue weighted by Gasteiger charge is -2.28. The molecule has 2 aromatic rings. The second-order valence-electron chi connectivity index (χ2n) is 7.29. The summed E-state index contributed by atoms with van der Waals surface area (Å²) in [6.45, 7) is 2.84. The number of aryl methyl sites for hydroxylation is 1. The molecule has 1 saturated heterocycles. The molecule has 1 amide bonds. The molecule has 0 N–H and O–H groups in total. The molecule has 2 fully saturated rings. The summed E-state index contributed by atoms with van der Waals surface area (Å²) in [4.78, 5) is 19.1. The first-order chi connectivity index (χ1) is 12.2. The van der Waals surface area contributed by atoms with Gasteiger partial charge < -0.3 is 9.64 Å². The number of amides is 1. The van der Waals surface area contributed by atoms with Gasteiger partial charge in [-0.3, -0.25) is 14.5 Å². The highest BCUT2D eigenvalue weighted by atomic mass is 16.5. The van der Waals surface area contributed by atoms with E-state index in [-0.39, 0.29) is 11.3 Å². The summed E-state index contributed by atoms with van der Waals surface area (Å²) < 4.78 is 7.69. The van der Waals surface area contributed by atoms with Crippen molar-refractivity contribution in [3.05, 3.63) is 48.0 Å². The average Bonchev–Trinajstić information content (AvgIpc) is 3.29. The van der Waals surface area contributed by atoms with E-state index in [1.165, 1.54) is 12.8 Å². The molecular weight excluding hydrogens is 316 g/mol. The molecule has 0 radical (unpaired) electrons. The normalized spacial score (nSPS) is 25.3. The average molecular weight is 340 g/mol. The SMILES string of the molecule is Cn1nccc1C(=O)N1C[C@H]2CCC[C@@]2(COCc2ccccn2)C1. The summed E-state index contributed by atoms with van der Waals surface area (Å²) in [6, 6.07) is 7.66. The number of nitrogens with zero attached hydrogens (tertiary/aromatic N) is 4. The summed E-state index contributed by atoms with van der Waals surface area (Å²) in [5, 5.41) is 4.12. The maximum absolute atomic E-state index is 12.8. The van der Waals surface area contributed by atoms with Gasteiger partial charge in [-0.05, 0) is 37.0 Å². The van der Waals surface area contributed by atoms with Crippen molar-refractivity contribution in [2.24, 2.45) is 18.4 Å². The monoisotopic (exact) mass is 340 g/mol. The summed E-state index contributed by atoms with van der Waals surface area (Å²) in [6.07, 6.45) is 7.01. The van der Waals surface area contributed by atoms with Crippen LogP contribution < -0.4 is 0 Å². The zero-order chi connectivity index (χ0) is 17.3. The van der Waals surface area contributed by atoms with Crippen LogP contribution in [-0.4, -0.2) is 45.3 Å². The number of rotatable bonds is 5. The zero-order valence-corrected chi connectivity index (χ0v) is 14.6. The first-order valence-corrected chi connectivity index (χ1v) is 8.93. The fourth-order valence-corrected chi connectivity index (χ4v) is 4.39. The molecule has 6 heteroatoms. The van der Waals surface area contributed by atoms with Crippen molar-refractivity contribution in [1.82, 2.24) is 19.7 Å². The minimum Gasteiger partial charge on any atom is -0.375 e. The topological polar surface area (TPSA) is 60.2 Å². The lowest BCUT2D eigenvalue weighted by atomic mass is 9.81. The minimum atomic E-state index is 0.0819. The molecule has 0 aromatic carbocycles. The van der Waals surface area contributed by atoms with E-state index >= 15 is 0 Å². The molecule has 3 heterocycles. The Labute approximate surface area is 147 Å². The van der Waals surface area contributed by atoms with Crippen LogP contribution in [0.2, 0.25) is 0 Å². The minimum absolute atomic E-state index is 0.0819. The number of hydrogen-bond acceptors (Lipinski definition) is 4.